The van der Waals surface area contributed by atoms with Crippen molar-refractivity contribution < 1.29 is 5.11 Å². The molecular formula is C20H17N3O2. The van der Waals surface area contributed by atoms with Crippen LogP contribution >= 0.6 is 0 Å². The fraction of sp³-hybridized carbons (Fsp3) is 0.100. The van der Waals surface area contributed by atoms with E-state index < -0.39 is 0 Å². The Morgan fingerprint density at radius 3 is 2.72 bits per heavy atom. The zero-order valence-corrected chi connectivity index (χ0v) is 13.8. The highest BCUT2D eigenvalue weighted by molar-refractivity contribution is 5.86. The molecule has 0 saturated heterocycles. The summed E-state index contributed by atoms with van der Waals surface area (Å²) < 4.78 is 3.46. The van der Waals surface area contributed by atoms with E-state index in [0.29, 0.717) is 11.9 Å². The molecule has 0 aliphatic carbocycles. The third kappa shape index (κ3) is 2.80. The highest BCUT2D eigenvalue weighted by Gasteiger charge is 2.08. The van der Waals surface area contributed by atoms with Gasteiger partial charge in [-0.1, -0.05) is 18.2 Å². The Bertz CT molecular complexity index is 1130. The monoisotopic (exact) mass is 331 g/mol. The minimum atomic E-state index is -0.0441. The van der Waals surface area contributed by atoms with E-state index in [0.717, 1.165) is 22.2 Å². The standard InChI is InChI=1S/C20H17N3O2/c1-22-19(7-9-21-22)16-5-6-18-15(12-16)8-10-23(20(18)25)13-14-3-2-4-17(24)11-14/h2-12,24H,13H2,1H3. The average molecular weight is 331 g/mol. The number of aryl methyl sites for hydroxylation is 1. The molecule has 4 aromatic rings. The van der Waals surface area contributed by atoms with Gasteiger partial charge < -0.3 is 9.67 Å². The molecule has 0 spiro atoms. The molecule has 2 aromatic heterocycles. The molecule has 0 radical (unpaired) electrons. The highest BCUT2D eigenvalue weighted by atomic mass is 16.3. The molecule has 124 valence electrons. The second-order valence-corrected chi connectivity index (χ2v) is 6.06. The summed E-state index contributed by atoms with van der Waals surface area (Å²) in [7, 11) is 1.90. The first-order chi connectivity index (χ1) is 12.1. The first-order valence-electron chi connectivity index (χ1n) is 8.01. The van der Waals surface area contributed by atoms with Gasteiger partial charge in [-0.25, -0.2) is 0 Å². The van der Waals surface area contributed by atoms with E-state index >= 15 is 0 Å². The summed E-state index contributed by atoms with van der Waals surface area (Å²) in [4.78, 5) is 12.8. The van der Waals surface area contributed by atoms with Crippen LogP contribution in [0.5, 0.6) is 5.75 Å². The minimum Gasteiger partial charge on any atom is -0.508 e. The van der Waals surface area contributed by atoms with E-state index in [1.54, 1.807) is 35.2 Å². The molecule has 0 bridgehead atoms. The van der Waals surface area contributed by atoms with Crippen LogP contribution in [0.2, 0.25) is 0 Å². The lowest BCUT2D eigenvalue weighted by molar-refractivity contribution is 0.474. The second kappa shape index (κ2) is 5.94. The first kappa shape index (κ1) is 15.2. The second-order valence-electron chi connectivity index (χ2n) is 6.06. The fourth-order valence-corrected chi connectivity index (χ4v) is 3.08. The van der Waals surface area contributed by atoms with Gasteiger partial charge in [0.15, 0.2) is 0 Å². The maximum atomic E-state index is 12.8. The van der Waals surface area contributed by atoms with Crippen molar-refractivity contribution in [2.75, 3.05) is 0 Å². The number of phenolic OH excluding ortho intramolecular Hbond substituents is 1. The van der Waals surface area contributed by atoms with Crippen molar-refractivity contribution >= 4 is 10.8 Å². The third-order valence-corrected chi connectivity index (χ3v) is 4.36. The van der Waals surface area contributed by atoms with Crippen LogP contribution in [-0.4, -0.2) is 19.5 Å². The summed E-state index contributed by atoms with van der Waals surface area (Å²) in [6.45, 7) is 0.423. The molecule has 0 aliphatic rings. The topological polar surface area (TPSA) is 60.0 Å². The lowest BCUT2D eigenvalue weighted by Gasteiger charge is -2.09. The molecule has 0 atom stereocenters. The summed E-state index contributed by atoms with van der Waals surface area (Å²) in [5, 5.41) is 15.3. The lowest BCUT2D eigenvalue weighted by atomic mass is 10.1. The number of phenols is 1. The third-order valence-electron chi connectivity index (χ3n) is 4.36. The maximum Gasteiger partial charge on any atom is 0.258 e. The van der Waals surface area contributed by atoms with E-state index in [2.05, 4.69) is 5.10 Å². The van der Waals surface area contributed by atoms with Gasteiger partial charge in [-0.15, -0.1) is 0 Å². The van der Waals surface area contributed by atoms with Crippen molar-refractivity contribution in [3.05, 3.63) is 82.9 Å². The molecule has 5 heteroatoms. The van der Waals surface area contributed by atoms with Crippen molar-refractivity contribution in [1.82, 2.24) is 14.3 Å². The first-order valence-corrected chi connectivity index (χ1v) is 8.01. The van der Waals surface area contributed by atoms with Gasteiger partial charge in [-0.05, 0) is 47.3 Å². The van der Waals surface area contributed by atoms with Crippen LogP contribution < -0.4 is 5.56 Å². The summed E-state index contributed by atoms with van der Waals surface area (Å²) in [6, 6.07) is 16.7. The normalized spacial score (nSPS) is 11.1. The molecule has 0 saturated carbocycles. The number of fused-ring (bicyclic) bond motifs is 1. The number of benzene rings is 2. The van der Waals surface area contributed by atoms with Crippen molar-refractivity contribution in [3.63, 3.8) is 0 Å². The number of hydrogen-bond donors (Lipinski definition) is 1. The predicted molar refractivity (Wildman–Crippen MR) is 97.6 cm³/mol. The van der Waals surface area contributed by atoms with Crippen molar-refractivity contribution in [2.45, 2.75) is 6.54 Å². The number of pyridine rings is 1. The van der Waals surface area contributed by atoms with E-state index in [9.17, 15) is 9.90 Å². The summed E-state index contributed by atoms with van der Waals surface area (Å²) in [6.07, 6.45) is 3.55. The largest absolute Gasteiger partial charge is 0.508 e. The quantitative estimate of drug-likeness (QED) is 0.627. The van der Waals surface area contributed by atoms with E-state index in [1.807, 2.05) is 48.1 Å². The van der Waals surface area contributed by atoms with Gasteiger partial charge in [0.25, 0.3) is 5.56 Å². The lowest BCUT2D eigenvalue weighted by Crippen LogP contribution is -2.20. The van der Waals surface area contributed by atoms with Crippen molar-refractivity contribution in [3.8, 4) is 17.0 Å². The number of aromatic hydroxyl groups is 1. The van der Waals surface area contributed by atoms with Crippen LogP contribution in [-0.2, 0) is 13.6 Å². The molecule has 2 aromatic carbocycles. The Morgan fingerprint density at radius 1 is 1.08 bits per heavy atom. The van der Waals surface area contributed by atoms with E-state index in [4.69, 9.17) is 0 Å². The molecule has 0 amide bonds. The molecule has 0 unspecified atom stereocenters. The van der Waals surface area contributed by atoms with Gasteiger partial charge in [-0.2, -0.15) is 5.10 Å². The molecule has 0 fully saturated rings. The van der Waals surface area contributed by atoms with Crippen LogP contribution in [0, 0.1) is 0 Å². The Hall–Kier alpha value is -3.34. The van der Waals surface area contributed by atoms with E-state index in [-0.39, 0.29) is 11.3 Å². The maximum absolute atomic E-state index is 12.8. The van der Waals surface area contributed by atoms with E-state index in [1.165, 1.54) is 0 Å². The minimum absolute atomic E-state index is 0.0441. The summed E-state index contributed by atoms with van der Waals surface area (Å²) >= 11 is 0. The molecule has 0 aliphatic heterocycles. The van der Waals surface area contributed by atoms with Crippen molar-refractivity contribution in [2.24, 2.45) is 7.05 Å². The van der Waals surface area contributed by atoms with Crippen LogP contribution in [0.15, 0.2) is 71.8 Å². The smallest absolute Gasteiger partial charge is 0.258 e. The number of hydrogen-bond acceptors (Lipinski definition) is 3. The van der Waals surface area contributed by atoms with Gasteiger partial charge in [0.2, 0.25) is 0 Å². The van der Waals surface area contributed by atoms with Crippen LogP contribution in [0.25, 0.3) is 22.0 Å². The Labute approximate surface area is 144 Å². The molecular weight excluding hydrogens is 314 g/mol. The zero-order chi connectivity index (χ0) is 17.4. The molecule has 1 N–H and O–H groups in total. The molecule has 4 rings (SSSR count). The summed E-state index contributed by atoms with van der Waals surface area (Å²) in [5.74, 6) is 0.201. The summed E-state index contributed by atoms with van der Waals surface area (Å²) in [5.41, 5.74) is 2.87. The van der Waals surface area contributed by atoms with Gasteiger partial charge in [-0.3, -0.25) is 9.48 Å². The van der Waals surface area contributed by atoms with Crippen molar-refractivity contribution in [1.29, 1.82) is 0 Å². The molecule has 5 nitrogen and oxygen atoms in total. The molecule has 2 heterocycles. The SMILES string of the molecule is Cn1nccc1-c1ccc2c(=O)n(Cc3cccc(O)c3)ccc2c1. The number of nitrogens with zero attached hydrogens (tertiary/aromatic N) is 3. The zero-order valence-electron chi connectivity index (χ0n) is 13.8. The van der Waals surface area contributed by atoms with Gasteiger partial charge >= 0.3 is 0 Å². The Kier molecular flexibility index (Phi) is 3.61. The number of rotatable bonds is 3. The Morgan fingerprint density at radius 2 is 1.96 bits per heavy atom. The fourth-order valence-electron chi connectivity index (χ4n) is 3.08. The van der Waals surface area contributed by atoms with Gasteiger partial charge in [0.05, 0.1) is 12.2 Å². The Balaban J connectivity index is 1.76. The molecule has 25 heavy (non-hydrogen) atoms. The predicted octanol–water partition coefficient (Wildman–Crippen LogP) is 3.16. The average Bonchev–Trinajstić information content (AvgIpc) is 3.03. The van der Waals surface area contributed by atoms with Crippen LogP contribution in [0.4, 0.5) is 0 Å². The van der Waals surface area contributed by atoms with Gasteiger partial charge in [0, 0.05) is 30.4 Å². The van der Waals surface area contributed by atoms with Crippen LogP contribution in [0.3, 0.4) is 0 Å². The van der Waals surface area contributed by atoms with Crippen LogP contribution in [0.1, 0.15) is 5.56 Å². The van der Waals surface area contributed by atoms with Gasteiger partial charge in [0.1, 0.15) is 5.75 Å². The number of aromatic nitrogens is 3. The highest BCUT2D eigenvalue weighted by Crippen LogP contribution is 2.22.